The maximum atomic E-state index is 9.62. The first-order valence-electron chi connectivity index (χ1n) is 7.79. The fraction of sp³-hybridized carbons (Fsp3) is 0.471. The molecule has 1 fully saturated rings. The minimum atomic E-state index is -0.124. The Morgan fingerprint density at radius 1 is 1.22 bits per heavy atom. The van der Waals surface area contributed by atoms with Gasteiger partial charge in [-0.05, 0) is 31.4 Å². The molecule has 1 unspecified atom stereocenters. The monoisotopic (exact) mass is 318 g/mol. The zero-order valence-electron chi connectivity index (χ0n) is 13.5. The molecule has 0 spiro atoms. The number of benzene rings is 1. The van der Waals surface area contributed by atoms with Crippen LogP contribution in [0.5, 0.6) is 11.5 Å². The van der Waals surface area contributed by atoms with Gasteiger partial charge in [0.15, 0.2) is 0 Å². The van der Waals surface area contributed by atoms with E-state index in [0.29, 0.717) is 17.3 Å². The van der Waals surface area contributed by atoms with Crippen LogP contribution in [0.2, 0.25) is 0 Å². The molecule has 6 nitrogen and oxygen atoms in total. The lowest BCUT2D eigenvalue weighted by molar-refractivity contribution is -0.0351. The predicted molar refractivity (Wildman–Crippen MR) is 85.5 cm³/mol. The van der Waals surface area contributed by atoms with Gasteiger partial charge in [0.05, 0.1) is 19.9 Å². The quantitative estimate of drug-likeness (QED) is 0.918. The Labute approximate surface area is 135 Å². The summed E-state index contributed by atoms with van der Waals surface area (Å²) < 4.78 is 18.4. The number of hydrogen-bond donors (Lipinski definition) is 1. The van der Waals surface area contributed by atoms with Gasteiger partial charge in [0.1, 0.15) is 30.2 Å². The van der Waals surface area contributed by atoms with Crippen molar-refractivity contribution in [3.05, 3.63) is 30.2 Å². The predicted octanol–water partition coefficient (Wildman–Crippen LogP) is 2.76. The minimum Gasteiger partial charge on any atom is -0.497 e. The number of aliphatic hydroxyl groups excluding tert-OH is 1. The molecule has 2 aromatic rings. The second-order valence-corrected chi connectivity index (χ2v) is 5.53. The van der Waals surface area contributed by atoms with Crippen LogP contribution in [-0.4, -0.2) is 35.5 Å². The maximum Gasteiger partial charge on any atom is 0.137 e. The van der Waals surface area contributed by atoms with Crippen LogP contribution >= 0.6 is 0 Å². The lowest BCUT2D eigenvalue weighted by Crippen LogP contribution is -2.19. The topological polar surface area (TPSA) is 65.7 Å². The van der Waals surface area contributed by atoms with Gasteiger partial charge in [-0.15, -0.1) is 0 Å². The highest BCUT2D eigenvalue weighted by atomic mass is 16.5. The molecule has 0 amide bonds. The first kappa shape index (κ1) is 15.8. The molecule has 124 valence electrons. The van der Waals surface area contributed by atoms with E-state index in [0.717, 1.165) is 37.1 Å². The van der Waals surface area contributed by atoms with Crippen LogP contribution < -0.4 is 9.47 Å². The van der Waals surface area contributed by atoms with E-state index >= 15 is 0 Å². The minimum absolute atomic E-state index is 0.0559. The summed E-state index contributed by atoms with van der Waals surface area (Å²) in [5.74, 6) is 2.01. The van der Waals surface area contributed by atoms with Crippen molar-refractivity contribution in [2.75, 3.05) is 20.8 Å². The number of ether oxygens (including phenoxy) is 3. The Kier molecular flexibility index (Phi) is 4.83. The standard InChI is InChI=1S/C17H22N2O4/c1-21-13-7-12(8-14(9-13)22-2)15-10-19(16(11-20)18-15)17-5-3-4-6-23-17/h7-10,17,20H,3-6,11H2,1-2H3. The molecule has 0 saturated carbocycles. The summed E-state index contributed by atoms with van der Waals surface area (Å²) in [6, 6.07) is 5.62. The van der Waals surface area contributed by atoms with Gasteiger partial charge in [0.2, 0.25) is 0 Å². The molecule has 2 heterocycles. The molecular weight excluding hydrogens is 296 g/mol. The third-order valence-corrected chi connectivity index (χ3v) is 4.06. The molecule has 1 N–H and O–H groups in total. The third-order valence-electron chi connectivity index (χ3n) is 4.06. The molecule has 1 atom stereocenters. The summed E-state index contributed by atoms with van der Waals surface area (Å²) in [5.41, 5.74) is 1.64. The number of nitrogens with zero attached hydrogens (tertiary/aromatic N) is 2. The molecule has 1 saturated heterocycles. The zero-order chi connectivity index (χ0) is 16.2. The van der Waals surface area contributed by atoms with Crippen molar-refractivity contribution >= 4 is 0 Å². The van der Waals surface area contributed by atoms with E-state index in [9.17, 15) is 5.11 Å². The summed E-state index contributed by atoms with van der Waals surface area (Å²) in [6.45, 7) is 0.622. The highest BCUT2D eigenvalue weighted by Gasteiger charge is 2.20. The van der Waals surface area contributed by atoms with Crippen molar-refractivity contribution in [2.24, 2.45) is 0 Å². The normalized spacial score (nSPS) is 18.0. The van der Waals surface area contributed by atoms with Crippen LogP contribution in [-0.2, 0) is 11.3 Å². The summed E-state index contributed by atoms with van der Waals surface area (Å²) in [6.07, 6.45) is 5.01. The lowest BCUT2D eigenvalue weighted by atomic mass is 10.1. The van der Waals surface area contributed by atoms with Crippen LogP contribution in [0.15, 0.2) is 24.4 Å². The Morgan fingerprint density at radius 3 is 2.52 bits per heavy atom. The highest BCUT2D eigenvalue weighted by molar-refractivity contribution is 5.63. The lowest BCUT2D eigenvalue weighted by Gasteiger charge is -2.24. The number of methoxy groups -OCH3 is 2. The van der Waals surface area contributed by atoms with Crippen LogP contribution in [0.25, 0.3) is 11.3 Å². The molecule has 23 heavy (non-hydrogen) atoms. The number of rotatable bonds is 5. The van der Waals surface area contributed by atoms with Crippen LogP contribution in [0.1, 0.15) is 31.3 Å². The van der Waals surface area contributed by atoms with Gasteiger partial charge in [0.25, 0.3) is 0 Å². The number of imidazole rings is 1. The second-order valence-electron chi connectivity index (χ2n) is 5.53. The molecule has 3 rings (SSSR count). The van der Waals surface area contributed by atoms with Crippen molar-refractivity contribution in [1.29, 1.82) is 0 Å². The van der Waals surface area contributed by atoms with Crippen LogP contribution in [0, 0.1) is 0 Å². The van der Waals surface area contributed by atoms with Crippen molar-refractivity contribution < 1.29 is 19.3 Å². The smallest absolute Gasteiger partial charge is 0.137 e. The van der Waals surface area contributed by atoms with Gasteiger partial charge in [-0.1, -0.05) is 0 Å². The Hall–Kier alpha value is -2.05. The van der Waals surface area contributed by atoms with Crippen molar-refractivity contribution in [1.82, 2.24) is 9.55 Å². The molecule has 1 aromatic carbocycles. The van der Waals surface area contributed by atoms with E-state index in [1.807, 2.05) is 29.0 Å². The average Bonchev–Trinajstić information content (AvgIpc) is 3.06. The molecule has 1 aliphatic rings. The van der Waals surface area contributed by atoms with Gasteiger partial charge in [0, 0.05) is 24.4 Å². The second kappa shape index (κ2) is 7.02. The average molecular weight is 318 g/mol. The summed E-state index contributed by atoms with van der Waals surface area (Å²) in [7, 11) is 3.23. The number of aromatic nitrogens is 2. The van der Waals surface area contributed by atoms with Gasteiger partial charge in [-0.25, -0.2) is 4.98 Å². The maximum absolute atomic E-state index is 9.62. The van der Waals surface area contributed by atoms with E-state index < -0.39 is 0 Å². The SMILES string of the molecule is COc1cc(OC)cc(-c2cn(C3CCCCO3)c(CO)n2)c1. The van der Waals surface area contributed by atoms with E-state index in [-0.39, 0.29) is 12.8 Å². The first-order chi connectivity index (χ1) is 11.2. The fourth-order valence-corrected chi connectivity index (χ4v) is 2.84. The van der Waals surface area contributed by atoms with Crippen molar-refractivity contribution in [3.8, 4) is 22.8 Å². The first-order valence-corrected chi connectivity index (χ1v) is 7.79. The molecule has 1 aromatic heterocycles. The van der Waals surface area contributed by atoms with Crippen molar-refractivity contribution in [2.45, 2.75) is 32.1 Å². The molecule has 6 heteroatoms. The van der Waals surface area contributed by atoms with E-state index in [1.165, 1.54) is 0 Å². The van der Waals surface area contributed by atoms with Gasteiger partial charge in [-0.2, -0.15) is 0 Å². The van der Waals surface area contributed by atoms with Gasteiger partial charge >= 0.3 is 0 Å². The Balaban J connectivity index is 1.98. The Bertz CT molecular complexity index is 640. The van der Waals surface area contributed by atoms with Gasteiger partial charge in [-0.3, -0.25) is 0 Å². The van der Waals surface area contributed by atoms with Crippen LogP contribution in [0.3, 0.4) is 0 Å². The molecule has 1 aliphatic heterocycles. The largest absolute Gasteiger partial charge is 0.497 e. The summed E-state index contributed by atoms with van der Waals surface area (Å²) >= 11 is 0. The van der Waals surface area contributed by atoms with E-state index in [4.69, 9.17) is 14.2 Å². The summed E-state index contributed by atoms with van der Waals surface area (Å²) in [4.78, 5) is 4.55. The van der Waals surface area contributed by atoms with E-state index in [2.05, 4.69) is 4.98 Å². The molecule has 0 aliphatic carbocycles. The molecule has 0 bridgehead atoms. The summed E-state index contributed by atoms with van der Waals surface area (Å²) in [5, 5.41) is 9.62. The zero-order valence-corrected chi connectivity index (χ0v) is 13.5. The highest BCUT2D eigenvalue weighted by Crippen LogP contribution is 2.31. The van der Waals surface area contributed by atoms with Crippen molar-refractivity contribution in [3.63, 3.8) is 0 Å². The fourth-order valence-electron chi connectivity index (χ4n) is 2.84. The van der Waals surface area contributed by atoms with Gasteiger partial charge < -0.3 is 23.9 Å². The molecule has 0 radical (unpaired) electrons. The van der Waals surface area contributed by atoms with E-state index in [1.54, 1.807) is 14.2 Å². The third kappa shape index (κ3) is 3.33. The number of aliphatic hydroxyl groups is 1. The number of hydrogen-bond acceptors (Lipinski definition) is 5. The molecular formula is C17H22N2O4. The Morgan fingerprint density at radius 2 is 1.96 bits per heavy atom. The van der Waals surface area contributed by atoms with Crippen LogP contribution in [0.4, 0.5) is 0 Å².